The molecule has 0 spiro atoms. The zero-order chi connectivity index (χ0) is 9.84. The van der Waals surface area contributed by atoms with Gasteiger partial charge in [0.25, 0.3) is 0 Å². The van der Waals surface area contributed by atoms with Gasteiger partial charge in [0.1, 0.15) is 5.82 Å². The number of aryl methyl sites for hydroxylation is 2. The molecule has 0 aliphatic rings. The third kappa shape index (κ3) is 2.56. The number of hydrogen-bond acceptors (Lipinski definition) is 3. The van der Waals surface area contributed by atoms with Crippen LogP contribution < -0.4 is 5.73 Å². The molecule has 1 aromatic rings. The van der Waals surface area contributed by atoms with Crippen LogP contribution in [0.15, 0.2) is 0 Å². The Morgan fingerprint density at radius 3 is 2.62 bits per heavy atom. The summed E-state index contributed by atoms with van der Waals surface area (Å²) in [6, 6.07) is 0. The zero-order valence-corrected chi connectivity index (χ0v) is 8.73. The Kier molecular flexibility index (Phi) is 3.48. The van der Waals surface area contributed by atoms with E-state index in [0.29, 0.717) is 10.8 Å². The van der Waals surface area contributed by atoms with Gasteiger partial charge in [-0.2, -0.15) is 0 Å². The highest BCUT2D eigenvalue weighted by atomic mass is 35.5. The maximum absolute atomic E-state index is 5.82. The molecule has 4 heteroatoms. The van der Waals surface area contributed by atoms with Gasteiger partial charge in [0.05, 0.1) is 11.4 Å². The number of nitrogens with two attached hydrogens (primary N) is 1. The van der Waals surface area contributed by atoms with Crippen LogP contribution in [0.2, 0.25) is 5.15 Å². The number of aromatic nitrogens is 2. The lowest BCUT2D eigenvalue weighted by Gasteiger charge is -2.04. The smallest absolute Gasteiger partial charge is 0.155 e. The van der Waals surface area contributed by atoms with Crippen molar-refractivity contribution in [1.82, 2.24) is 9.97 Å². The monoisotopic (exact) mass is 199 g/mol. The van der Waals surface area contributed by atoms with Gasteiger partial charge < -0.3 is 5.73 Å². The van der Waals surface area contributed by atoms with Gasteiger partial charge in [-0.15, -0.1) is 0 Å². The third-order valence-corrected chi connectivity index (χ3v) is 2.18. The SMILES string of the molecule is CCCCc1nc(C)c(N)c(Cl)n1. The Bertz CT molecular complexity index is 276. The predicted molar refractivity (Wildman–Crippen MR) is 54.8 cm³/mol. The Morgan fingerprint density at radius 2 is 2.08 bits per heavy atom. The average Bonchev–Trinajstić information content (AvgIpc) is 2.10. The highest BCUT2D eigenvalue weighted by Gasteiger charge is 2.05. The van der Waals surface area contributed by atoms with E-state index in [9.17, 15) is 0 Å². The van der Waals surface area contributed by atoms with E-state index in [2.05, 4.69) is 16.9 Å². The fourth-order valence-electron chi connectivity index (χ4n) is 1.05. The summed E-state index contributed by atoms with van der Waals surface area (Å²) in [5.74, 6) is 0.790. The van der Waals surface area contributed by atoms with E-state index in [-0.39, 0.29) is 0 Å². The Labute approximate surface area is 83.3 Å². The molecule has 0 amide bonds. The Hall–Kier alpha value is -0.830. The van der Waals surface area contributed by atoms with Gasteiger partial charge in [-0.1, -0.05) is 24.9 Å². The molecule has 72 valence electrons. The summed E-state index contributed by atoms with van der Waals surface area (Å²) < 4.78 is 0. The van der Waals surface area contributed by atoms with Crippen molar-refractivity contribution in [3.63, 3.8) is 0 Å². The molecule has 0 bridgehead atoms. The van der Waals surface area contributed by atoms with Crippen LogP contribution in [0.5, 0.6) is 0 Å². The van der Waals surface area contributed by atoms with Gasteiger partial charge in [0.15, 0.2) is 5.15 Å². The fraction of sp³-hybridized carbons (Fsp3) is 0.556. The second kappa shape index (κ2) is 4.42. The van der Waals surface area contributed by atoms with Crippen molar-refractivity contribution in [2.75, 3.05) is 5.73 Å². The summed E-state index contributed by atoms with van der Waals surface area (Å²) >= 11 is 5.82. The van der Waals surface area contributed by atoms with Crippen molar-refractivity contribution in [2.45, 2.75) is 33.1 Å². The predicted octanol–water partition coefficient (Wildman–Crippen LogP) is 2.36. The minimum atomic E-state index is 0.374. The van der Waals surface area contributed by atoms with Crippen LogP contribution in [0, 0.1) is 6.92 Å². The number of hydrogen-bond donors (Lipinski definition) is 1. The molecule has 0 fully saturated rings. The first-order chi connectivity index (χ1) is 6.15. The summed E-state index contributed by atoms with van der Waals surface area (Å²) in [7, 11) is 0. The molecule has 13 heavy (non-hydrogen) atoms. The van der Waals surface area contributed by atoms with Crippen molar-refractivity contribution >= 4 is 17.3 Å². The Morgan fingerprint density at radius 1 is 1.38 bits per heavy atom. The maximum atomic E-state index is 5.82. The second-order valence-electron chi connectivity index (χ2n) is 3.03. The minimum absolute atomic E-state index is 0.374. The van der Waals surface area contributed by atoms with E-state index in [1.807, 2.05) is 6.92 Å². The highest BCUT2D eigenvalue weighted by molar-refractivity contribution is 6.31. The van der Waals surface area contributed by atoms with E-state index in [1.54, 1.807) is 0 Å². The van der Waals surface area contributed by atoms with Crippen LogP contribution >= 0.6 is 11.6 Å². The number of nitrogen functional groups attached to an aromatic ring is 1. The first-order valence-electron chi connectivity index (χ1n) is 4.43. The van der Waals surface area contributed by atoms with Crippen LogP contribution in [0.4, 0.5) is 5.69 Å². The molecular formula is C9H14ClN3. The van der Waals surface area contributed by atoms with Crippen LogP contribution in [0.25, 0.3) is 0 Å². The van der Waals surface area contributed by atoms with E-state index in [0.717, 1.165) is 30.8 Å². The van der Waals surface area contributed by atoms with Crippen molar-refractivity contribution in [1.29, 1.82) is 0 Å². The van der Waals surface area contributed by atoms with E-state index < -0.39 is 0 Å². The molecule has 0 aromatic carbocycles. The second-order valence-corrected chi connectivity index (χ2v) is 3.39. The molecule has 0 unspecified atom stereocenters. The van der Waals surface area contributed by atoms with Crippen LogP contribution in [0.3, 0.4) is 0 Å². The standard InChI is InChI=1S/C9H14ClN3/c1-3-4-5-7-12-6(2)8(11)9(10)13-7/h3-5,11H2,1-2H3. The fourth-order valence-corrected chi connectivity index (χ4v) is 1.28. The molecule has 0 saturated carbocycles. The summed E-state index contributed by atoms with van der Waals surface area (Å²) in [4.78, 5) is 8.35. The Balaban J connectivity index is 2.86. The zero-order valence-electron chi connectivity index (χ0n) is 7.97. The van der Waals surface area contributed by atoms with Gasteiger partial charge in [0, 0.05) is 6.42 Å². The van der Waals surface area contributed by atoms with Crippen molar-refractivity contribution < 1.29 is 0 Å². The van der Waals surface area contributed by atoms with Gasteiger partial charge in [-0.3, -0.25) is 0 Å². The molecular weight excluding hydrogens is 186 g/mol. The molecule has 0 aliphatic carbocycles. The molecule has 1 heterocycles. The van der Waals surface area contributed by atoms with Gasteiger partial charge in [0.2, 0.25) is 0 Å². The summed E-state index contributed by atoms with van der Waals surface area (Å²) in [6.45, 7) is 3.98. The summed E-state index contributed by atoms with van der Waals surface area (Å²) in [5.41, 5.74) is 6.88. The average molecular weight is 200 g/mol. The molecule has 0 aliphatic heterocycles. The van der Waals surface area contributed by atoms with Crippen molar-refractivity contribution in [2.24, 2.45) is 0 Å². The lowest BCUT2D eigenvalue weighted by Crippen LogP contribution is -2.02. The number of anilines is 1. The lowest BCUT2D eigenvalue weighted by atomic mass is 10.2. The van der Waals surface area contributed by atoms with Crippen molar-refractivity contribution in [3.05, 3.63) is 16.7 Å². The number of unbranched alkanes of at least 4 members (excludes halogenated alkanes) is 1. The first-order valence-corrected chi connectivity index (χ1v) is 4.81. The molecule has 1 rings (SSSR count). The quantitative estimate of drug-likeness (QED) is 0.761. The third-order valence-electron chi connectivity index (χ3n) is 1.89. The topological polar surface area (TPSA) is 51.8 Å². The molecule has 0 atom stereocenters. The first kappa shape index (κ1) is 10.3. The molecule has 0 radical (unpaired) electrons. The normalized spacial score (nSPS) is 10.4. The highest BCUT2D eigenvalue weighted by Crippen LogP contribution is 2.18. The minimum Gasteiger partial charge on any atom is -0.395 e. The van der Waals surface area contributed by atoms with Gasteiger partial charge in [-0.05, 0) is 13.3 Å². The van der Waals surface area contributed by atoms with E-state index >= 15 is 0 Å². The van der Waals surface area contributed by atoms with Crippen LogP contribution in [0.1, 0.15) is 31.3 Å². The lowest BCUT2D eigenvalue weighted by molar-refractivity contribution is 0.749. The maximum Gasteiger partial charge on any atom is 0.155 e. The summed E-state index contributed by atoms with van der Waals surface area (Å²) in [6.07, 6.45) is 3.08. The van der Waals surface area contributed by atoms with Gasteiger partial charge in [-0.25, -0.2) is 9.97 Å². The summed E-state index contributed by atoms with van der Waals surface area (Å²) in [5, 5.41) is 0.374. The number of rotatable bonds is 3. The number of halogens is 1. The van der Waals surface area contributed by atoms with E-state index in [1.165, 1.54) is 0 Å². The van der Waals surface area contributed by atoms with Crippen molar-refractivity contribution in [3.8, 4) is 0 Å². The molecule has 3 nitrogen and oxygen atoms in total. The van der Waals surface area contributed by atoms with Crippen LogP contribution in [-0.4, -0.2) is 9.97 Å². The van der Waals surface area contributed by atoms with Gasteiger partial charge >= 0.3 is 0 Å². The van der Waals surface area contributed by atoms with E-state index in [4.69, 9.17) is 17.3 Å². The molecule has 0 saturated heterocycles. The molecule has 1 aromatic heterocycles. The molecule has 2 N–H and O–H groups in total. The van der Waals surface area contributed by atoms with Crippen LogP contribution in [-0.2, 0) is 6.42 Å². The number of nitrogens with zero attached hydrogens (tertiary/aromatic N) is 2. The largest absolute Gasteiger partial charge is 0.395 e.